The van der Waals surface area contributed by atoms with Crippen LogP contribution in [0, 0.1) is 11.8 Å². The quantitative estimate of drug-likeness (QED) is 0.707. The summed E-state index contributed by atoms with van der Waals surface area (Å²) in [5.74, 6) is 1.55. The van der Waals surface area contributed by atoms with Crippen LogP contribution in [0.25, 0.3) is 0 Å². The first kappa shape index (κ1) is 22.7. The number of aliphatic hydroxyl groups excluding tert-OH is 1. The fourth-order valence-corrected chi connectivity index (χ4v) is 5.35. The first-order valence-corrected chi connectivity index (χ1v) is 11.8. The summed E-state index contributed by atoms with van der Waals surface area (Å²) in [5, 5.41) is 13.5. The minimum absolute atomic E-state index is 0.170. The molecule has 164 valence electrons. The van der Waals surface area contributed by atoms with Gasteiger partial charge in [-0.25, -0.2) is 4.98 Å². The van der Waals surface area contributed by atoms with E-state index in [2.05, 4.69) is 9.88 Å². The molecule has 6 nitrogen and oxygen atoms in total. The lowest BCUT2D eigenvalue weighted by molar-refractivity contribution is -0.235. The van der Waals surface area contributed by atoms with Crippen LogP contribution in [0.5, 0.6) is 0 Å². The van der Waals surface area contributed by atoms with E-state index in [0.29, 0.717) is 17.7 Å². The first-order valence-electron chi connectivity index (χ1n) is 11.0. The van der Waals surface area contributed by atoms with Gasteiger partial charge in [0.15, 0.2) is 0 Å². The van der Waals surface area contributed by atoms with Crippen LogP contribution < -0.4 is 0 Å². The molecule has 1 atom stereocenters. The lowest BCUT2D eigenvalue weighted by atomic mass is 9.80. The Morgan fingerprint density at radius 1 is 1.28 bits per heavy atom. The first-order chi connectivity index (χ1) is 13.7. The van der Waals surface area contributed by atoms with Crippen LogP contribution in [0.4, 0.5) is 0 Å². The molecule has 0 bridgehead atoms. The molecule has 2 aliphatic rings. The van der Waals surface area contributed by atoms with E-state index >= 15 is 0 Å². The smallest absolute Gasteiger partial charge is 0.225 e. The Morgan fingerprint density at radius 3 is 2.48 bits per heavy atom. The number of rotatable bonds is 6. The molecule has 0 aromatic carbocycles. The van der Waals surface area contributed by atoms with Crippen molar-refractivity contribution in [2.45, 2.75) is 77.2 Å². The van der Waals surface area contributed by atoms with Gasteiger partial charge < -0.3 is 14.7 Å². The fraction of sp³-hybridized carbons (Fsp3) is 0.818. The summed E-state index contributed by atoms with van der Waals surface area (Å²) < 4.78 is 5.63. The van der Waals surface area contributed by atoms with E-state index in [0.717, 1.165) is 58.2 Å². The summed E-state index contributed by atoms with van der Waals surface area (Å²) in [6.07, 6.45) is 7.06. The third kappa shape index (κ3) is 6.48. The SMILES string of the molecule is CN(CC1CCC(C(=O)N2CCC(c3nccs3)CC2)CC1)C(O)OC(C)(C)C. The Labute approximate surface area is 179 Å². The van der Waals surface area contributed by atoms with Gasteiger partial charge in [0.1, 0.15) is 0 Å². The molecule has 1 saturated carbocycles. The van der Waals surface area contributed by atoms with Crippen molar-refractivity contribution >= 4 is 17.2 Å². The second-order valence-corrected chi connectivity index (χ2v) is 10.6. The second kappa shape index (κ2) is 9.86. The van der Waals surface area contributed by atoms with Crippen molar-refractivity contribution in [3.05, 3.63) is 16.6 Å². The predicted octanol–water partition coefficient (Wildman–Crippen LogP) is 3.68. The summed E-state index contributed by atoms with van der Waals surface area (Å²) >= 11 is 1.73. The normalized spacial score (nSPS) is 25.4. The van der Waals surface area contributed by atoms with Crippen LogP contribution in [0.2, 0.25) is 0 Å². The molecule has 1 aliphatic heterocycles. The second-order valence-electron chi connectivity index (χ2n) is 9.68. The van der Waals surface area contributed by atoms with E-state index in [4.69, 9.17) is 4.74 Å². The van der Waals surface area contributed by atoms with Gasteiger partial charge in [0.05, 0.1) is 10.6 Å². The van der Waals surface area contributed by atoms with E-state index in [-0.39, 0.29) is 11.5 Å². The summed E-state index contributed by atoms with van der Waals surface area (Å²) in [4.78, 5) is 21.4. The molecule has 7 heteroatoms. The number of likely N-dealkylation sites (tertiary alicyclic amines) is 1. The molecule has 2 fully saturated rings. The third-order valence-corrected chi connectivity index (χ3v) is 7.12. The van der Waals surface area contributed by atoms with Crippen molar-refractivity contribution in [1.29, 1.82) is 0 Å². The highest BCUT2D eigenvalue weighted by Crippen LogP contribution is 2.34. The Hall–Kier alpha value is -1.02. The standard InChI is InChI=1S/C22H37N3O3S/c1-22(2,3)28-21(27)24(4)15-16-5-7-18(8-6-16)20(26)25-12-9-17(10-13-25)19-23-11-14-29-19/h11,14,16-18,21,27H,5-10,12-13,15H2,1-4H3. The van der Waals surface area contributed by atoms with E-state index < -0.39 is 6.41 Å². The molecule has 2 heterocycles. The van der Waals surface area contributed by atoms with Crippen LogP contribution >= 0.6 is 11.3 Å². The van der Waals surface area contributed by atoms with E-state index in [9.17, 15) is 9.90 Å². The molecular formula is C22H37N3O3S. The summed E-state index contributed by atoms with van der Waals surface area (Å²) in [6.45, 7) is 8.36. The Kier molecular flexibility index (Phi) is 7.70. The van der Waals surface area contributed by atoms with Crippen LogP contribution in [-0.2, 0) is 9.53 Å². The molecule has 1 saturated heterocycles. The Bertz CT molecular complexity index is 630. The number of ether oxygens (including phenoxy) is 1. The molecule has 29 heavy (non-hydrogen) atoms. The maximum absolute atomic E-state index is 13.0. The number of amides is 1. The van der Waals surface area contributed by atoms with Gasteiger partial charge in [0, 0.05) is 43.0 Å². The van der Waals surface area contributed by atoms with E-state index in [1.807, 2.05) is 44.3 Å². The average Bonchev–Trinajstić information content (AvgIpc) is 3.21. The van der Waals surface area contributed by atoms with E-state index in [1.54, 1.807) is 11.3 Å². The highest BCUT2D eigenvalue weighted by Gasteiger charge is 2.33. The molecule has 1 amide bonds. The van der Waals surface area contributed by atoms with Crippen LogP contribution in [-0.4, -0.2) is 64.5 Å². The molecule has 1 N–H and O–H groups in total. The predicted molar refractivity (Wildman–Crippen MR) is 116 cm³/mol. The fourth-order valence-electron chi connectivity index (χ4n) is 4.54. The summed E-state index contributed by atoms with van der Waals surface area (Å²) in [6, 6.07) is 0. The molecule has 1 aliphatic carbocycles. The number of carbonyl (C=O) groups is 1. The number of hydrogen-bond acceptors (Lipinski definition) is 6. The Balaban J connectivity index is 1.39. The van der Waals surface area contributed by atoms with Gasteiger partial charge in [0.25, 0.3) is 0 Å². The number of nitrogens with zero attached hydrogens (tertiary/aromatic N) is 3. The minimum Gasteiger partial charge on any atom is -0.356 e. The molecule has 0 spiro atoms. The number of thiazole rings is 1. The average molecular weight is 424 g/mol. The van der Waals surface area contributed by atoms with E-state index in [1.165, 1.54) is 5.01 Å². The topological polar surface area (TPSA) is 65.9 Å². The number of aromatic nitrogens is 1. The van der Waals surface area contributed by atoms with Gasteiger partial charge in [-0.15, -0.1) is 11.3 Å². The molecule has 0 radical (unpaired) electrons. The number of piperidine rings is 1. The van der Waals surface area contributed by atoms with Crippen molar-refractivity contribution in [3.8, 4) is 0 Å². The zero-order chi connectivity index (χ0) is 21.0. The van der Waals surface area contributed by atoms with Crippen LogP contribution in [0.1, 0.15) is 70.2 Å². The lowest BCUT2D eigenvalue weighted by Crippen LogP contribution is -2.44. The van der Waals surface area contributed by atoms with Gasteiger partial charge >= 0.3 is 0 Å². The number of aliphatic hydroxyl groups is 1. The highest BCUT2D eigenvalue weighted by molar-refractivity contribution is 7.09. The Morgan fingerprint density at radius 2 is 1.93 bits per heavy atom. The van der Waals surface area contributed by atoms with Crippen molar-refractivity contribution in [2.24, 2.45) is 11.8 Å². The summed E-state index contributed by atoms with van der Waals surface area (Å²) in [5.41, 5.74) is -0.370. The van der Waals surface area contributed by atoms with Gasteiger partial charge in [-0.1, -0.05) is 0 Å². The maximum atomic E-state index is 13.0. The zero-order valence-corrected chi connectivity index (χ0v) is 19.2. The molecule has 1 aromatic rings. The van der Waals surface area contributed by atoms with Gasteiger partial charge in [-0.2, -0.15) is 0 Å². The van der Waals surface area contributed by atoms with Crippen LogP contribution in [0.15, 0.2) is 11.6 Å². The molecule has 3 rings (SSSR count). The molecule has 1 unspecified atom stereocenters. The maximum Gasteiger partial charge on any atom is 0.225 e. The minimum atomic E-state index is -0.881. The van der Waals surface area contributed by atoms with Crippen molar-refractivity contribution < 1.29 is 14.6 Å². The number of hydrogen-bond donors (Lipinski definition) is 1. The molecular weight excluding hydrogens is 386 g/mol. The largest absolute Gasteiger partial charge is 0.356 e. The monoisotopic (exact) mass is 423 g/mol. The zero-order valence-electron chi connectivity index (χ0n) is 18.3. The van der Waals surface area contributed by atoms with Crippen molar-refractivity contribution in [1.82, 2.24) is 14.8 Å². The third-order valence-electron chi connectivity index (χ3n) is 6.19. The lowest BCUT2D eigenvalue weighted by Gasteiger charge is -2.37. The van der Waals surface area contributed by atoms with Crippen molar-refractivity contribution in [2.75, 3.05) is 26.7 Å². The van der Waals surface area contributed by atoms with Gasteiger partial charge in [0.2, 0.25) is 12.3 Å². The van der Waals surface area contributed by atoms with Gasteiger partial charge in [-0.3, -0.25) is 9.69 Å². The summed E-state index contributed by atoms with van der Waals surface area (Å²) in [7, 11) is 1.90. The van der Waals surface area contributed by atoms with Crippen LogP contribution in [0.3, 0.4) is 0 Å². The highest BCUT2D eigenvalue weighted by atomic mass is 32.1. The number of carbonyl (C=O) groups excluding carboxylic acids is 1. The van der Waals surface area contributed by atoms with Gasteiger partial charge in [-0.05, 0) is 72.3 Å². The van der Waals surface area contributed by atoms with Crippen molar-refractivity contribution in [3.63, 3.8) is 0 Å². The molecule has 1 aromatic heterocycles.